The Labute approximate surface area is 171 Å². The van der Waals surface area contributed by atoms with Gasteiger partial charge in [-0.25, -0.2) is 9.59 Å². The van der Waals surface area contributed by atoms with Gasteiger partial charge in [0.1, 0.15) is 11.5 Å². The van der Waals surface area contributed by atoms with Gasteiger partial charge in [-0.15, -0.1) is 0 Å². The Kier molecular flexibility index (Phi) is 5.18. The average Bonchev–Trinajstić information content (AvgIpc) is 3.09. The summed E-state index contributed by atoms with van der Waals surface area (Å²) < 4.78 is 17.1. The molecule has 0 atom stereocenters. The van der Waals surface area contributed by atoms with Gasteiger partial charge in [0.15, 0.2) is 12.2 Å². The van der Waals surface area contributed by atoms with E-state index in [0.29, 0.717) is 27.3 Å². The van der Waals surface area contributed by atoms with E-state index in [1.807, 2.05) is 62.4 Å². The van der Waals surface area contributed by atoms with Crippen molar-refractivity contribution in [3.63, 3.8) is 0 Å². The molecule has 5 nitrogen and oxygen atoms in total. The Morgan fingerprint density at radius 1 is 1.03 bits per heavy atom. The van der Waals surface area contributed by atoms with E-state index in [9.17, 15) is 9.59 Å². The second-order valence-electron chi connectivity index (χ2n) is 6.58. The SMILES string of the molecule is Cc1cccc(OCC(=O)Oc2cc(-c3ccccc3)c3oc(=O)sc3c2)c1C. The molecule has 0 aliphatic carbocycles. The Morgan fingerprint density at radius 3 is 2.62 bits per heavy atom. The predicted molar refractivity (Wildman–Crippen MR) is 113 cm³/mol. The minimum absolute atomic E-state index is 0.218. The van der Waals surface area contributed by atoms with Crippen molar-refractivity contribution >= 4 is 27.6 Å². The van der Waals surface area contributed by atoms with Crippen LogP contribution >= 0.6 is 11.3 Å². The van der Waals surface area contributed by atoms with Crippen molar-refractivity contribution in [3.05, 3.63) is 81.5 Å². The molecule has 6 heteroatoms. The van der Waals surface area contributed by atoms with Crippen LogP contribution in [0.15, 0.2) is 69.9 Å². The lowest BCUT2D eigenvalue weighted by Gasteiger charge is -2.11. The number of hydrogen-bond donors (Lipinski definition) is 0. The highest BCUT2D eigenvalue weighted by molar-refractivity contribution is 7.16. The van der Waals surface area contributed by atoms with Gasteiger partial charge in [0.05, 0.1) is 4.70 Å². The van der Waals surface area contributed by atoms with Crippen molar-refractivity contribution in [1.82, 2.24) is 0 Å². The van der Waals surface area contributed by atoms with E-state index in [0.717, 1.165) is 28.0 Å². The first kappa shape index (κ1) is 19.0. The van der Waals surface area contributed by atoms with Crippen LogP contribution < -0.4 is 14.4 Å². The van der Waals surface area contributed by atoms with Crippen molar-refractivity contribution in [1.29, 1.82) is 0 Å². The van der Waals surface area contributed by atoms with E-state index in [4.69, 9.17) is 13.9 Å². The van der Waals surface area contributed by atoms with Crippen LogP contribution in [-0.2, 0) is 4.79 Å². The van der Waals surface area contributed by atoms with Gasteiger partial charge in [-0.1, -0.05) is 53.8 Å². The molecule has 0 saturated carbocycles. The molecule has 0 spiro atoms. The molecule has 0 amide bonds. The van der Waals surface area contributed by atoms with E-state index in [2.05, 4.69) is 0 Å². The van der Waals surface area contributed by atoms with Gasteiger partial charge in [0.2, 0.25) is 0 Å². The number of ether oxygens (including phenoxy) is 2. The Bertz CT molecular complexity index is 1240. The molecule has 0 aliphatic rings. The maximum atomic E-state index is 12.3. The van der Waals surface area contributed by atoms with Crippen LogP contribution in [0.25, 0.3) is 21.4 Å². The minimum atomic E-state index is -0.528. The summed E-state index contributed by atoms with van der Waals surface area (Å²) in [5.74, 6) is 0.457. The maximum absolute atomic E-state index is 12.3. The molecule has 4 aromatic rings. The first-order valence-corrected chi connectivity index (χ1v) is 9.86. The van der Waals surface area contributed by atoms with Gasteiger partial charge in [0, 0.05) is 11.6 Å². The molecule has 0 N–H and O–H groups in total. The standard InChI is InChI=1S/C23H18O5S/c1-14-7-6-10-19(15(14)2)26-13-21(24)27-17-11-18(16-8-4-3-5-9-16)22-20(12-17)29-23(25)28-22/h3-12H,13H2,1-2H3. The zero-order valence-corrected chi connectivity index (χ0v) is 16.7. The lowest BCUT2D eigenvalue weighted by atomic mass is 10.0. The molecule has 146 valence electrons. The molecule has 0 saturated heterocycles. The molecule has 1 aromatic heterocycles. The third kappa shape index (κ3) is 4.07. The van der Waals surface area contributed by atoms with Gasteiger partial charge in [-0.2, -0.15) is 0 Å². The van der Waals surface area contributed by atoms with E-state index in [-0.39, 0.29) is 6.61 Å². The summed E-state index contributed by atoms with van der Waals surface area (Å²) in [6.45, 7) is 3.71. The third-order valence-electron chi connectivity index (χ3n) is 4.62. The highest BCUT2D eigenvalue weighted by Gasteiger charge is 2.15. The van der Waals surface area contributed by atoms with E-state index >= 15 is 0 Å². The lowest BCUT2D eigenvalue weighted by molar-refractivity contribution is -0.136. The summed E-state index contributed by atoms with van der Waals surface area (Å²) >= 11 is 0.971. The normalized spacial score (nSPS) is 10.8. The van der Waals surface area contributed by atoms with Crippen LogP contribution in [0.5, 0.6) is 11.5 Å². The summed E-state index contributed by atoms with van der Waals surface area (Å²) in [6, 6.07) is 18.5. The number of rotatable bonds is 5. The van der Waals surface area contributed by atoms with Crippen LogP contribution in [-0.4, -0.2) is 12.6 Å². The first-order valence-electron chi connectivity index (χ1n) is 9.04. The average molecular weight is 406 g/mol. The van der Waals surface area contributed by atoms with Gasteiger partial charge in [0.25, 0.3) is 0 Å². The van der Waals surface area contributed by atoms with Crippen LogP contribution in [0, 0.1) is 13.8 Å². The van der Waals surface area contributed by atoms with Crippen molar-refractivity contribution < 1.29 is 18.7 Å². The van der Waals surface area contributed by atoms with Crippen LogP contribution in [0.1, 0.15) is 11.1 Å². The van der Waals surface area contributed by atoms with E-state index < -0.39 is 10.9 Å². The van der Waals surface area contributed by atoms with E-state index in [1.54, 1.807) is 12.1 Å². The molecule has 0 bridgehead atoms. The number of esters is 1. The highest BCUT2D eigenvalue weighted by Crippen LogP contribution is 2.34. The van der Waals surface area contributed by atoms with Crippen molar-refractivity contribution in [2.75, 3.05) is 6.61 Å². The fraction of sp³-hybridized carbons (Fsp3) is 0.130. The molecule has 4 rings (SSSR count). The van der Waals surface area contributed by atoms with Crippen LogP contribution in [0.3, 0.4) is 0 Å². The molecule has 1 heterocycles. The Morgan fingerprint density at radius 2 is 1.83 bits per heavy atom. The monoisotopic (exact) mass is 406 g/mol. The zero-order chi connectivity index (χ0) is 20.4. The first-order chi connectivity index (χ1) is 14.0. The fourth-order valence-corrected chi connectivity index (χ4v) is 3.75. The lowest BCUT2D eigenvalue weighted by Crippen LogP contribution is -2.18. The second-order valence-corrected chi connectivity index (χ2v) is 7.56. The predicted octanol–water partition coefficient (Wildman–Crippen LogP) is 5.12. The van der Waals surface area contributed by atoms with Gasteiger partial charge in [-0.05, 0) is 42.7 Å². The van der Waals surface area contributed by atoms with Gasteiger partial charge in [-0.3, -0.25) is 0 Å². The summed E-state index contributed by atoms with van der Waals surface area (Å²) in [6.07, 6.45) is 0. The fourth-order valence-electron chi connectivity index (χ4n) is 3.02. The smallest absolute Gasteiger partial charge is 0.396 e. The minimum Gasteiger partial charge on any atom is -0.482 e. The highest BCUT2D eigenvalue weighted by atomic mass is 32.1. The van der Waals surface area contributed by atoms with Crippen LogP contribution in [0.2, 0.25) is 0 Å². The Hall–Kier alpha value is -3.38. The molecule has 3 aromatic carbocycles. The summed E-state index contributed by atoms with van der Waals surface area (Å²) in [5, 5.41) is 0. The van der Waals surface area contributed by atoms with Crippen molar-refractivity contribution in [2.45, 2.75) is 13.8 Å². The summed E-state index contributed by atoms with van der Waals surface area (Å²) in [4.78, 5) is 23.7. The number of fused-ring (bicyclic) bond motifs is 1. The van der Waals surface area contributed by atoms with Crippen LogP contribution in [0.4, 0.5) is 0 Å². The number of carbonyl (C=O) groups is 1. The number of hydrogen-bond acceptors (Lipinski definition) is 6. The molecule has 0 aliphatic heterocycles. The Balaban J connectivity index is 1.58. The van der Waals surface area contributed by atoms with Crippen molar-refractivity contribution in [3.8, 4) is 22.6 Å². The van der Waals surface area contributed by atoms with E-state index in [1.165, 1.54) is 0 Å². The number of aryl methyl sites for hydroxylation is 1. The third-order valence-corrected chi connectivity index (χ3v) is 5.40. The number of benzene rings is 3. The maximum Gasteiger partial charge on any atom is 0.396 e. The second kappa shape index (κ2) is 7.93. The molecular formula is C23H18O5S. The molecular weight excluding hydrogens is 388 g/mol. The summed E-state index contributed by atoms with van der Waals surface area (Å²) in [7, 11) is 0. The topological polar surface area (TPSA) is 65.7 Å². The molecule has 0 radical (unpaired) electrons. The summed E-state index contributed by atoms with van der Waals surface area (Å²) in [5.41, 5.74) is 4.11. The number of carbonyl (C=O) groups excluding carboxylic acids is 1. The molecule has 0 unspecified atom stereocenters. The molecule has 0 fully saturated rings. The van der Waals surface area contributed by atoms with Gasteiger partial charge < -0.3 is 13.9 Å². The van der Waals surface area contributed by atoms with Gasteiger partial charge >= 0.3 is 10.9 Å². The molecule has 29 heavy (non-hydrogen) atoms. The largest absolute Gasteiger partial charge is 0.482 e. The zero-order valence-electron chi connectivity index (χ0n) is 15.9. The quantitative estimate of drug-likeness (QED) is 0.340. The van der Waals surface area contributed by atoms with Crippen molar-refractivity contribution in [2.24, 2.45) is 0 Å².